The molecule has 0 spiro atoms. The van der Waals surface area contributed by atoms with Crippen molar-refractivity contribution in [3.8, 4) is 11.5 Å². The number of hydrogen-bond donors (Lipinski definition) is 0. The molecular weight excluding hydrogens is 408 g/mol. The van der Waals surface area contributed by atoms with Gasteiger partial charge in [0.25, 0.3) is 5.91 Å². The van der Waals surface area contributed by atoms with Gasteiger partial charge in [-0.15, -0.1) is 0 Å². The molecule has 0 radical (unpaired) electrons. The van der Waals surface area contributed by atoms with Crippen LogP contribution in [0.2, 0.25) is 0 Å². The van der Waals surface area contributed by atoms with Crippen LogP contribution >= 0.6 is 11.3 Å². The van der Waals surface area contributed by atoms with Crippen molar-refractivity contribution in [1.29, 1.82) is 0 Å². The average molecular weight is 433 g/mol. The largest absolute Gasteiger partial charge is 0.457 e. The molecular formula is C25H24N2O3S. The zero-order chi connectivity index (χ0) is 21.8. The van der Waals surface area contributed by atoms with Crippen molar-refractivity contribution in [2.45, 2.75) is 20.4 Å². The van der Waals surface area contributed by atoms with Gasteiger partial charge in [-0.25, -0.2) is 0 Å². The van der Waals surface area contributed by atoms with E-state index in [1.807, 2.05) is 42.5 Å². The topological polar surface area (TPSA) is 52.8 Å². The van der Waals surface area contributed by atoms with Gasteiger partial charge < -0.3 is 14.0 Å². The smallest absolute Gasteiger partial charge is 0.283 e. The molecule has 4 aromatic rings. The Morgan fingerprint density at radius 1 is 1.00 bits per heavy atom. The van der Waals surface area contributed by atoms with E-state index < -0.39 is 0 Å². The number of amides is 1. The number of ether oxygens (including phenoxy) is 2. The van der Waals surface area contributed by atoms with Crippen LogP contribution in [0.15, 0.2) is 71.7 Å². The molecule has 5 nitrogen and oxygen atoms in total. The van der Waals surface area contributed by atoms with Crippen LogP contribution in [0.3, 0.4) is 0 Å². The first-order valence-electron chi connectivity index (χ1n) is 10.1. The highest BCUT2D eigenvalue weighted by Crippen LogP contribution is 2.26. The lowest BCUT2D eigenvalue weighted by Gasteiger charge is -2.09. The highest BCUT2D eigenvalue weighted by Gasteiger charge is 2.14. The summed E-state index contributed by atoms with van der Waals surface area (Å²) in [4.78, 5) is 18.3. The summed E-state index contributed by atoms with van der Waals surface area (Å²) in [7, 11) is 1.67. The van der Waals surface area contributed by atoms with E-state index in [2.05, 4.69) is 35.5 Å². The molecule has 0 saturated carbocycles. The van der Waals surface area contributed by atoms with Crippen LogP contribution in [-0.4, -0.2) is 24.2 Å². The highest BCUT2D eigenvalue weighted by atomic mass is 32.1. The van der Waals surface area contributed by atoms with Crippen molar-refractivity contribution >= 4 is 27.5 Å². The van der Waals surface area contributed by atoms with Crippen molar-refractivity contribution < 1.29 is 14.3 Å². The molecule has 0 N–H and O–H groups in total. The number of rotatable bonds is 6. The van der Waals surface area contributed by atoms with Crippen LogP contribution in [0, 0.1) is 13.8 Å². The number of aromatic nitrogens is 1. The van der Waals surface area contributed by atoms with Gasteiger partial charge in [0.1, 0.15) is 11.5 Å². The second-order valence-corrected chi connectivity index (χ2v) is 8.27. The molecule has 1 heterocycles. The van der Waals surface area contributed by atoms with E-state index in [1.165, 1.54) is 22.5 Å². The number of benzene rings is 3. The number of fused-ring (bicyclic) bond motifs is 1. The predicted octanol–water partition coefficient (Wildman–Crippen LogP) is 5.50. The summed E-state index contributed by atoms with van der Waals surface area (Å²) >= 11 is 1.51. The van der Waals surface area contributed by atoms with Crippen molar-refractivity contribution in [3.05, 3.63) is 88.2 Å². The minimum atomic E-state index is -0.335. The highest BCUT2D eigenvalue weighted by molar-refractivity contribution is 7.16. The Balaban J connectivity index is 1.78. The molecule has 0 aliphatic heterocycles. The first kappa shape index (κ1) is 21.0. The second kappa shape index (κ2) is 9.29. The van der Waals surface area contributed by atoms with E-state index in [9.17, 15) is 4.79 Å². The van der Waals surface area contributed by atoms with Crippen LogP contribution in [0.25, 0.3) is 10.2 Å². The zero-order valence-electron chi connectivity index (χ0n) is 17.8. The molecule has 4 rings (SSSR count). The molecule has 158 valence electrons. The van der Waals surface area contributed by atoms with Gasteiger partial charge >= 0.3 is 0 Å². The fraction of sp³-hybridized carbons (Fsp3) is 0.200. The third-order valence-electron chi connectivity index (χ3n) is 5.10. The number of carbonyl (C=O) groups is 1. The van der Waals surface area contributed by atoms with Gasteiger partial charge in [-0.3, -0.25) is 4.79 Å². The van der Waals surface area contributed by atoms with Crippen LogP contribution in [-0.2, 0) is 11.3 Å². The Kier molecular flexibility index (Phi) is 6.30. The Labute approximate surface area is 185 Å². The minimum Gasteiger partial charge on any atom is -0.457 e. The zero-order valence-corrected chi connectivity index (χ0v) is 18.6. The number of methoxy groups -OCH3 is 1. The summed E-state index contributed by atoms with van der Waals surface area (Å²) in [6, 6.07) is 20.9. The summed E-state index contributed by atoms with van der Waals surface area (Å²) < 4.78 is 14.4. The van der Waals surface area contributed by atoms with E-state index in [1.54, 1.807) is 19.2 Å². The molecule has 0 atom stereocenters. The van der Waals surface area contributed by atoms with Gasteiger partial charge in [0.2, 0.25) is 0 Å². The Bertz CT molecular complexity index is 1290. The number of aryl methyl sites for hydroxylation is 2. The fourth-order valence-corrected chi connectivity index (χ4v) is 4.43. The number of nitrogens with zero attached hydrogens (tertiary/aromatic N) is 2. The van der Waals surface area contributed by atoms with E-state index >= 15 is 0 Å². The third-order valence-corrected chi connectivity index (χ3v) is 6.14. The van der Waals surface area contributed by atoms with Crippen LogP contribution in [0.5, 0.6) is 11.5 Å². The normalized spacial score (nSPS) is 11.8. The SMILES string of the molecule is COCCn1c(=NC(=O)c2ccccc2Oc2ccccc2)sc2cc(C)c(C)cc21. The Hall–Kier alpha value is -3.22. The monoisotopic (exact) mass is 432 g/mol. The molecule has 1 amide bonds. The molecule has 0 fully saturated rings. The van der Waals surface area contributed by atoms with Crippen molar-refractivity contribution in [2.24, 2.45) is 4.99 Å². The number of para-hydroxylation sites is 2. The summed E-state index contributed by atoms with van der Waals surface area (Å²) in [5.74, 6) is 0.821. The van der Waals surface area contributed by atoms with Crippen LogP contribution in [0.1, 0.15) is 21.5 Å². The third kappa shape index (κ3) is 4.60. The molecule has 3 aromatic carbocycles. The number of carbonyl (C=O) groups excluding carboxylic acids is 1. The maximum absolute atomic E-state index is 13.2. The van der Waals surface area contributed by atoms with E-state index in [0.29, 0.717) is 35.0 Å². The van der Waals surface area contributed by atoms with Gasteiger partial charge in [0.15, 0.2) is 4.80 Å². The lowest BCUT2D eigenvalue weighted by atomic mass is 10.1. The van der Waals surface area contributed by atoms with Crippen LogP contribution in [0.4, 0.5) is 0 Å². The fourth-order valence-electron chi connectivity index (χ4n) is 3.30. The molecule has 6 heteroatoms. The second-order valence-electron chi connectivity index (χ2n) is 7.26. The van der Waals surface area contributed by atoms with Gasteiger partial charge in [-0.2, -0.15) is 4.99 Å². The number of hydrogen-bond acceptors (Lipinski definition) is 4. The lowest BCUT2D eigenvalue weighted by Crippen LogP contribution is -2.19. The molecule has 0 aliphatic carbocycles. The average Bonchev–Trinajstić information content (AvgIpc) is 3.09. The van der Waals surface area contributed by atoms with Gasteiger partial charge in [0.05, 0.1) is 22.4 Å². The maximum Gasteiger partial charge on any atom is 0.283 e. The van der Waals surface area contributed by atoms with Crippen molar-refractivity contribution in [3.63, 3.8) is 0 Å². The molecule has 0 saturated heterocycles. The van der Waals surface area contributed by atoms with Gasteiger partial charge in [-0.1, -0.05) is 41.7 Å². The minimum absolute atomic E-state index is 0.335. The van der Waals surface area contributed by atoms with E-state index in [4.69, 9.17) is 9.47 Å². The van der Waals surface area contributed by atoms with Crippen molar-refractivity contribution in [2.75, 3.05) is 13.7 Å². The summed E-state index contributed by atoms with van der Waals surface area (Å²) in [5.41, 5.74) is 3.91. The predicted molar refractivity (Wildman–Crippen MR) is 124 cm³/mol. The Morgan fingerprint density at radius 2 is 1.71 bits per heavy atom. The molecule has 31 heavy (non-hydrogen) atoms. The Morgan fingerprint density at radius 3 is 2.48 bits per heavy atom. The number of thiazole rings is 1. The molecule has 0 unspecified atom stereocenters. The van der Waals surface area contributed by atoms with Gasteiger partial charge in [-0.05, 0) is 61.4 Å². The lowest BCUT2D eigenvalue weighted by molar-refractivity contribution is 0.0995. The first-order chi connectivity index (χ1) is 15.1. The summed E-state index contributed by atoms with van der Waals surface area (Å²) in [6.45, 7) is 5.33. The molecule has 0 bridgehead atoms. The standard InChI is InChI=1S/C25H24N2O3S/c1-17-15-21-23(16-18(17)2)31-25(27(21)13-14-29-3)26-24(28)20-11-7-8-12-22(20)30-19-9-5-4-6-10-19/h4-12,15-16H,13-14H2,1-3H3. The summed E-state index contributed by atoms with van der Waals surface area (Å²) in [5, 5.41) is 0. The summed E-state index contributed by atoms with van der Waals surface area (Å²) in [6.07, 6.45) is 0. The van der Waals surface area contributed by atoms with Crippen molar-refractivity contribution in [1.82, 2.24) is 4.57 Å². The first-order valence-corrected chi connectivity index (χ1v) is 10.9. The quantitative estimate of drug-likeness (QED) is 0.404. The van der Waals surface area contributed by atoms with Gasteiger partial charge in [0, 0.05) is 13.7 Å². The van der Waals surface area contributed by atoms with E-state index in [-0.39, 0.29) is 5.91 Å². The maximum atomic E-state index is 13.2. The van der Waals surface area contributed by atoms with Crippen LogP contribution < -0.4 is 9.54 Å². The molecule has 1 aromatic heterocycles. The molecule has 0 aliphatic rings. The van der Waals surface area contributed by atoms with E-state index in [0.717, 1.165) is 10.2 Å².